The largest absolute Gasteiger partial charge is 0.119 e. The molecule has 0 saturated heterocycles. The zero-order chi connectivity index (χ0) is 13.3. The van der Waals surface area contributed by atoms with Crippen LogP contribution in [-0.4, -0.2) is 0 Å². The molecule has 0 bridgehead atoms. The summed E-state index contributed by atoms with van der Waals surface area (Å²) in [6.45, 7) is 8.64. The third kappa shape index (κ3) is 2.56. The molecule has 0 aromatic heterocycles. The van der Waals surface area contributed by atoms with Crippen molar-refractivity contribution in [3.05, 3.63) is 22.2 Å². The van der Waals surface area contributed by atoms with Gasteiger partial charge in [-0.25, -0.2) is 0 Å². The first-order valence-corrected chi connectivity index (χ1v) is 6.73. The van der Waals surface area contributed by atoms with Gasteiger partial charge >= 0.3 is 0 Å². The number of allylic oxidation sites excluding steroid dienone is 3. The number of terminal acetylenes is 1. The molecule has 17 heavy (non-hydrogen) atoms. The minimum absolute atomic E-state index is 0.0691. The number of hydrogen-bond acceptors (Lipinski definition) is 0. The Morgan fingerprint density at radius 2 is 2.00 bits per heavy atom. The van der Waals surface area contributed by atoms with Crippen LogP contribution in [0.1, 0.15) is 40.5 Å². The van der Waals surface area contributed by atoms with E-state index in [1.54, 1.807) is 0 Å². The minimum Gasteiger partial charge on any atom is -0.119 e. The molecule has 0 radical (unpaired) electrons. The molecule has 0 aromatic rings. The molecule has 2 heteroatoms. The predicted octanol–water partition coefficient (Wildman–Crippen LogP) is 5.33. The van der Waals surface area contributed by atoms with Crippen LogP contribution in [-0.2, 0) is 0 Å². The lowest BCUT2D eigenvalue weighted by atomic mass is 9.89. The third-order valence-electron chi connectivity index (χ3n) is 4.04. The van der Waals surface area contributed by atoms with Crippen LogP contribution in [0.15, 0.2) is 22.2 Å². The van der Waals surface area contributed by atoms with E-state index >= 15 is 0 Å². The van der Waals surface area contributed by atoms with Crippen molar-refractivity contribution < 1.29 is 0 Å². The highest BCUT2D eigenvalue weighted by Crippen LogP contribution is 2.72. The van der Waals surface area contributed by atoms with Gasteiger partial charge in [0, 0.05) is 11.3 Å². The average molecular weight is 271 g/mol. The van der Waals surface area contributed by atoms with Gasteiger partial charge in [0.05, 0.1) is 0 Å². The Morgan fingerprint density at radius 3 is 2.41 bits per heavy atom. The van der Waals surface area contributed by atoms with Gasteiger partial charge in [-0.2, -0.15) is 0 Å². The van der Waals surface area contributed by atoms with E-state index in [1.807, 2.05) is 6.08 Å². The van der Waals surface area contributed by atoms with Gasteiger partial charge in [-0.1, -0.05) is 61.5 Å². The molecule has 0 N–H and O–H groups in total. The normalized spacial score (nSPS) is 30.6. The van der Waals surface area contributed by atoms with Gasteiger partial charge in [-0.05, 0) is 31.3 Å². The second kappa shape index (κ2) is 5.09. The Labute approximate surface area is 115 Å². The summed E-state index contributed by atoms with van der Waals surface area (Å²) in [5.41, 5.74) is 1.29. The minimum atomic E-state index is -0.127. The van der Waals surface area contributed by atoms with Crippen LogP contribution < -0.4 is 0 Å². The topological polar surface area (TPSA) is 0 Å². The van der Waals surface area contributed by atoms with Crippen LogP contribution in [0.5, 0.6) is 0 Å². The highest BCUT2D eigenvalue weighted by Gasteiger charge is 2.68. The Bertz CT molecular complexity index is 392. The van der Waals surface area contributed by atoms with E-state index in [-0.39, 0.29) is 16.7 Å². The maximum Gasteiger partial charge on any atom is 0.103 e. The number of rotatable bonds is 4. The van der Waals surface area contributed by atoms with E-state index in [9.17, 15) is 0 Å². The summed E-state index contributed by atoms with van der Waals surface area (Å²) in [7, 11) is 0. The van der Waals surface area contributed by atoms with Crippen molar-refractivity contribution in [3.63, 3.8) is 0 Å². The molecule has 94 valence electrons. The first kappa shape index (κ1) is 14.7. The molecule has 0 nitrogen and oxygen atoms in total. The second-order valence-electron chi connectivity index (χ2n) is 5.41. The fourth-order valence-corrected chi connectivity index (χ4v) is 3.15. The lowest BCUT2D eigenvalue weighted by Gasteiger charge is -2.14. The summed E-state index contributed by atoms with van der Waals surface area (Å²) >= 11 is 11.5. The summed E-state index contributed by atoms with van der Waals surface area (Å²) in [5, 5.41) is 0. The van der Waals surface area contributed by atoms with Crippen molar-refractivity contribution in [1.29, 1.82) is 0 Å². The molecule has 0 spiro atoms. The molecule has 1 rings (SSSR count). The van der Waals surface area contributed by atoms with Gasteiger partial charge in [0.15, 0.2) is 0 Å². The van der Waals surface area contributed by atoms with Crippen LogP contribution >= 0.6 is 23.2 Å². The van der Waals surface area contributed by atoms with Crippen molar-refractivity contribution in [2.75, 3.05) is 0 Å². The van der Waals surface area contributed by atoms with Gasteiger partial charge in [0.1, 0.15) is 4.49 Å². The van der Waals surface area contributed by atoms with E-state index in [1.165, 1.54) is 5.57 Å². The maximum absolute atomic E-state index is 5.77. The average Bonchev–Trinajstić information content (AvgIpc) is 2.64. The Morgan fingerprint density at radius 1 is 1.41 bits per heavy atom. The summed E-state index contributed by atoms with van der Waals surface area (Å²) in [6, 6.07) is 0. The molecule has 0 heterocycles. The monoisotopic (exact) mass is 270 g/mol. The van der Waals surface area contributed by atoms with E-state index in [0.717, 1.165) is 12.8 Å². The molecule has 2 unspecified atom stereocenters. The van der Waals surface area contributed by atoms with Crippen molar-refractivity contribution >= 4 is 23.2 Å². The van der Waals surface area contributed by atoms with Crippen LogP contribution in [0.3, 0.4) is 0 Å². The molecule has 0 aromatic carbocycles. The molecule has 2 atom stereocenters. The quantitative estimate of drug-likeness (QED) is 0.479. The summed E-state index contributed by atoms with van der Waals surface area (Å²) in [5.74, 6) is 3.25. The molecular weight excluding hydrogens is 251 g/mol. The fraction of sp³-hybridized carbons (Fsp3) is 0.600. The van der Waals surface area contributed by atoms with Crippen molar-refractivity contribution in [2.45, 2.75) is 40.5 Å². The van der Waals surface area contributed by atoms with Crippen molar-refractivity contribution in [1.82, 2.24) is 0 Å². The van der Waals surface area contributed by atoms with E-state index in [0.29, 0.717) is 4.49 Å². The molecule has 0 aliphatic heterocycles. The highest BCUT2D eigenvalue weighted by atomic mass is 35.5. The van der Waals surface area contributed by atoms with Gasteiger partial charge < -0.3 is 0 Å². The lowest BCUT2D eigenvalue weighted by molar-refractivity contribution is 0.476. The zero-order valence-corrected chi connectivity index (χ0v) is 12.5. The zero-order valence-electron chi connectivity index (χ0n) is 11.0. The van der Waals surface area contributed by atoms with E-state index in [2.05, 4.69) is 39.7 Å². The van der Waals surface area contributed by atoms with Crippen LogP contribution in [0, 0.1) is 29.1 Å². The summed E-state index contributed by atoms with van der Waals surface area (Å²) in [4.78, 5) is 0. The first-order valence-electron chi connectivity index (χ1n) is 5.98. The summed E-state index contributed by atoms with van der Waals surface area (Å²) < 4.78 is 0.317. The molecule has 1 fully saturated rings. The van der Waals surface area contributed by atoms with Crippen LogP contribution in [0.4, 0.5) is 0 Å². The molecular formula is C15H20Cl2. The van der Waals surface area contributed by atoms with E-state index < -0.39 is 0 Å². The molecule has 1 aliphatic rings. The Kier molecular flexibility index (Phi) is 4.39. The predicted molar refractivity (Wildman–Crippen MR) is 77.0 cm³/mol. The van der Waals surface area contributed by atoms with Crippen molar-refractivity contribution in [3.8, 4) is 12.3 Å². The van der Waals surface area contributed by atoms with Gasteiger partial charge in [0.25, 0.3) is 0 Å². The number of halogens is 2. The van der Waals surface area contributed by atoms with Crippen molar-refractivity contribution in [2.24, 2.45) is 16.7 Å². The lowest BCUT2D eigenvalue weighted by Crippen LogP contribution is -2.07. The summed E-state index contributed by atoms with van der Waals surface area (Å²) in [6.07, 6.45) is 11.9. The standard InChI is InChI=1S/C15H20Cl2/c1-6-8-11(3)10-15(7-2)12(9-13(16)17)14(15,4)5/h2,8-9,12H,6,10H2,1,3-5H3/b11-8+. The SMILES string of the molecule is C#CC1(C/C(C)=C/CC)C(C=C(Cl)Cl)C1(C)C. The third-order valence-corrected chi connectivity index (χ3v) is 4.29. The van der Waals surface area contributed by atoms with Gasteiger partial charge in [-0.3, -0.25) is 0 Å². The Balaban J connectivity index is 2.97. The number of hydrogen-bond donors (Lipinski definition) is 0. The fourth-order valence-electron chi connectivity index (χ4n) is 2.90. The smallest absolute Gasteiger partial charge is 0.103 e. The maximum atomic E-state index is 5.77. The van der Waals surface area contributed by atoms with Gasteiger partial charge in [0.2, 0.25) is 0 Å². The first-order chi connectivity index (χ1) is 7.81. The highest BCUT2D eigenvalue weighted by molar-refractivity contribution is 6.55. The van der Waals surface area contributed by atoms with Crippen LogP contribution in [0.25, 0.3) is 0 Å². The molecule has 1 aliphatic carbocycles. The second-order valence-corrected chi connectivity index (χ2v) is 6.41. The molecule has 0 amide bonds. The van der Waals surface area contributed by atoms with Gasteiger partial charge in [-0.15, -0.1) is 6.42 Å². The van der Waals surface area contributed by atoms with E-state index in [4.69, 9.17) is 29.6 Å². The van der Waals surface area contributed by atoms with Crippen LogP contribution in [0.2, 0.25) is 0 Å². The Hall–Kier alpha value is -0.380. The molecule has 1 saturated carbocycles.